The lowest BCUT2D eigenvalue weighted by Crippen LogP contribution is -2.63. The van der Waals surface area contributed by atoms with Crippen molar-refractivity contribution >= 4 is 40.7 Å². The van der Waals surface area contributed by atoms with E-state index in [0.717, 1.165) is 6.07 Å². The van der Waals surface area contributed by atoms with Gasteiger partial charge in [0, 0.05) is 12.1 Å². The lowest BCUT2D eigenvalue weighted by molar-refractivity contribution is -0.120. The van der Waals surface area contributed by atoms with Gasteiger partial charge in [0.1, 0.15) is 18.0 Å². The monoisotopic (exact) mass is 401 g/mol. The lowest BCUT2D eigenvalue weighted by Gasteiger charge is -2.48. The summed E-state index contributed by atoms with van der Waals surface area (Å²) in [7, 11) is 0. The van der Waals surface area contributed by atoms with Crippen LogP contribution in [0.25, 0.3) is 0 Å². The van der Waals surface area contributed by atoms with Gasteiger partial charge in [0.25, 0.3) is 5.91 Å². The van der Waals surface area contributed by atoms with Crippen LogP contribution in [0.3, 0.4) is 0 Å². The molecular formula is C20H17ClFN3O3. The molecule has 1 unspecified atom stereocenters. The zero-order chi connectivity index (χ0) is 20.1. The predicted molar refractivity (Wildman–Crippen MR) is 103 cm³/mol. The van der Waals surface area contributed by atoms with Crippen molar-refractivity contribution in [2.75, 3.05) is 16.8 Å². The Balaban J connectivity index is 1.63. The summed E-state index contributed by atoms with van der Waals surface area (Å²) < 4.78 is 13.6. The molecule has 1 saturated heterocycles. The summed E-state index contributed by atoms with van der Waals surface area (Å²) in [5.41, 5.74) is 0.251. The summed E-state index contributed by atoms with van der Waals surface area (Å²) in [4.78, 5) is 41.2. The number of hydrogen-bond acceptors (Lipinski definition) is 3. The summed E-state index contributed by atoms with van der Waals surface area (Å²) in [6.45, 7) is 1.51. The van der Waals surface area contributed by atoms with Crippen molar-refractivity contribution in [1.82, 2.24) is 4.90 Å². The van der Waals surface area contributed by atoms with Crippen molar-refractivity contribution in [3.63, 3.8) is 0 Å². The molecule has 3 amide bonds. The molecule has 144 valence electrons. The molecule has 0 radical (unpaired) electrons. The Morgan fingerprint density at radius 1 is 1.25 bits per heavy atom. The fourth-order valence-corrected chi connectivity index (χ4v) is 3.98. The van der Waals surface area contributed by atoms with Gasteiger partial charge in [0.15, 0.2) is 0 Å². The average Bonchev–Trinajstić information content (AvgIpc) is 2.97. The van der Waals surface area contributed by atoms with E-state index in [1.54, 1.807) is 36.1 Å². The second-order valence-electron chi connectivity index (χ2n) is 7.03. The van der Waals surface area contributed by atoms with Gasteiger partial charge in [-0.15, -0.1) is 0 Å². The lowest BCUT2D eigenvalue weighted by atomic mass is 9.98. The smallest absolute Gasteiger partial charge is 0.258 e. The molecule has 2 aromatic carbocycles. The highest BCUT2D eigenvalue weighted by atomic mass is 35.5. The van der Waals surface area contributed by atoms with Crippen LogP contribution in [0.4, 0.5) is 15.8 Å². The van der Waals surface area contributed by atoms with Crippen molar-refractivity contribution in [2.45, 2.75) is 25.4 Å². The standard InChI is InChI=1S/C20H17ClFN3O3/c1-20-9-8-18(27)25(20)16-5-3-2-4-13(16)19(28)24(20)11-17(26)23-12-6-7-14(21)15(22)10-12/h2-7,10H,8-9,11H2,1H3,(H,23,26). The minimum atomic E-state index is -0.925. The molecule has 2 aromatic rings. The Kier molecular flexibility index (Phi) is 4.34. The van der Waals surface area contributed by atoms with Crippen molar-refractivity contribution in [1.29, 1.82) is 0 Å². The molecule has 4 rings (SSSR count). The number of nitrogens with one attached hydrogen (secondary N) is 1. The number of carbonyl (C=O) groups is 3. The van der Waals surface area contributed by atoms with E-state index in [1.807, 2.05) is 0 Å². The first-order chi connectivity index (χ1) is 13.3. The van der Waals surface area contributed by atoms with E-state index in [2.05, 4.69) is 5.32 Å². The van der Waals surface area contributed by atoms with Crippen molar-refractivity contribution in [3.05, 3.63) is 58.9 Å². The molecule has 0 aliphatic carbocycles. The molecule has 1 N–H and O–H groups in total. The molecule has 0 saturated carbocycles. The topological polar surface area (TPSA) is 69.7 Å². The molecule has 0 spiro atoms. The van der Waals surface area contributed by atoms with Crippen LogP contribution in [0.1, 0.15) is 30.1 Å². The minimum absolute atomic E-state index is 0.0477. The largest absolute Gasteiger partial charge is 0.324 e. The highest BCUT2D eigenvalue weighted by molar-refractivity contribution is 6.30. The number of carbonyl (C=O) groups excluding carboxylic acids is 3. The van der Waals surface area contributed by atoms with Gasteiger partial charge >= 0.3 is 0 Å². The normalized spacial score (nSPS) is 20.8. The maximum Gasteiger partial charge on any atom is 0.258 e. The van der Waals surface area contributed by atoms with E-state index in [4.69, 9.17) is 11.6 Å². The number of halogens is 2. The molecule has 1 fully saturated rings. The summed E-state index contributed by atoms with van der Waals surface area (Å²) in [6.07, 6.45) is 0.716. The summed E-state index contributed by atoms with van der Waals surface area (Å²) in [5, 5.41) is 2.53. The second kappa shape index (κ2) is 6.60. The van der Waals surface area contributed by atoms with Crippen molar-refractivity contribution in [2.24, 2.45) is 0 Å². The molecular weight excluding hydrogens is 385 g/mol. The Morgan fingerprint density at radius 3 is 2.75 bits per heavy atom. The fraction of sp³-hybridized carbons (Fsp3) is 0.250. The van der Waals surface area contributed by atoms with Crippen LogP contribution in [0, 0.1) is 5.82 Å². The van der Waals surface area contributed by atoms with Crippen LogP contribution in [-0.4, -0.2) is 34.8 Å². The SMILES string of the molecule is CC12CCC(=O)N1c1ccccc1C(=O)N2CC(=O)Nc1ccc(Cl)c(F)c1. The molecule has 6 nitrogen and oxygen atoms in total. The highest BCUT2D eigenvalue weighted by Crippen LogP contribution is 2.43. The first-order valence-electron chi connectivity index (χ1n) is 8.80. The number of amides is 3. The Bertz CT molecular complexity index is 1010. The molecule has 2 heterocycles. The van der Waals surface area contributed by atoms with Gasteiger partial charge in [-0.3, -0.25) is 19.3 Å². The molecule has 28 heavy (non-hydrogen) atoms. The Morgan fingerprint density at radius 2 is 2.00 bits per heavy atom. The number of fused-ring (bicyclic) bond motifs is 3. The van der Waals surface area contributed by atoms with E-state index in [-0.39, 0.29) is 29.1 Å². The third kappa shape index (κ3) is 2.82. The summed E-state index contributed by atoms with van der Waals surface area (Å²) in [6, 6.07) is 10.8. The third-order valence-corrected chi connectivity index (χ3v) is 5.56. The van der Waals surface area contributed by atoms with E-state index in [0.29, 0.717) is 24.1 Å². The number of benzene rings is 2. The molecule has 0 aromatic heterocycles. The van der Waals surface area contributed by atoms with Crippen molar-refractivity contribution in [3.8, 4) is 0 Å². The van der Waals surface area contributed by atoms with Crippen molar-refractivity contribution < 1.29 is 18.8 Å². The molecule has 2 aliphatic heterocycles. The van der Waals surface area contributed by atoms with Crippen LogP contribution in [0.5, 0.6) is 0 Å². The molecule has 1 atom stereocenters. The van der Waals surface area contributed by atoms with Crippen LogP contribution in [0.2, 0.25) is 5.02 Å². The van der Waals surface area contributed by atoms with Crippen LogP contribution in [0.15, 0.2) is 42.5 Å². The first kappa shape index (κ1) is 18.4. The van der Waals surface area contributed by atoms with Gasteiger partial charge in [0.05, 0.1) is 16.3 Å². The fourth-order valence-electron chi connectivity index (χ4n) is 3.86. The highest BCUT2D eigenvalue weighted by Gasteiger charge is 2.53. The van der Waals surface area contributed by atoms with Gasteiger partial charge in [-0.25, -0.2) is 4.39 Å². The molecule has 0 bridgehead atoms. The summed E-state index contributed by atoms with van der Waals surface area (Å²) in [5.74, 6) is -1.55. The van der Waals surface area contributed by atoms with Gasteiger partial charge in [0.2, 0.25) is 11.8 Å². The third-order valence-electron chi connectivity index (χ3n) is 5.25. The number of para-hydroxylation sites is 1. The number of anilines is 2. The second-order valence-corrected chi connectivity index (χ2v) is 7.44. The molecule has 2 aliphatic rings. The number of hydrogen-bond donors (Lipinski definition) is 1. The van der Waals surface area contributed by atoms with E-state index in [9.17, 15) is 18.8 Å². The maximum atomic E-state index is 13.6. The van der Waals surface area contributed by atoms with Crippen LogP contribution in [-0.2, 0) is 9.59 Å². The van der Waals surface area contributed by atoms with Gasteiger partial charge in [-0.1, -0.05) is 23.7 Å². The Hall–Kier alpha value is -2.93. The quantitative estimate of drug-likeness (QED) is 0.856. The van der Waals surface area contributed by atoms with E-state index < -0.39 is 17.4 Å². The zero-order valence-electron chi connectivity index (χ0n) is 15.0. The predicted octanol–water partition coefficient (Wildman–Crippen LogP) is 3.42. The first-order valence-corrected chi connectivity index (χ1v) is 9.18. The van der Waals surface area contributed by atoms with Gasteiger partial charge in [-0.2, -0.15) is 0 Å². The zero-order valence-corrected chi connectivity index (χ0v) is 15.8. The van der Waals surface area contributed by atoms with E-state index in [1.165, 1.54) is 17.0 Å². The van der Waals surface area contributed by atoms with Gasteiger partial charge < -0.3 is 10.2 Å². The maximum absolute atomic E-state index is 13.6. The van der Waals surface area contributed by atoms with Crippen LogP contribution >= 0.6 is 11.6 Å². The summed E-state index contributed by atoms with van der Waals surface area (Å²) >= 11 is 5.65. The number of rotatable bonds is 3. The minimum Gasteiger partial charge on any atom is -0.324 e. The van der Waals surface area contributed by atoms with E-state index >= 15 is 0 Å². The molecule has 8 heteroatoms. The average molecular weight is 402 g/mol. The van der Waals surface area contributed by atoms with Gasteiger partial charge in [-0.05, 0) is 43.7 Å². The Labute approximate surface area is 165 Å². The number of nitrogens with zero attached hydrogens (tertiary/aromatic N) is 2. The van der Waals surface area contributed by atoms with Crippen LogP contribution < -0.4 is 10.2 Å².